The highest BCUT2D eigenvalue weighted by Gasteiger charge is 2.41. The topological polar surface area (TPSA) is 59.2 Å². The van der Waals surface area contributed by atoms with E-state index in [0.717, 1.165) is 42.6 Å². The van der Waals surface area contributed by atoms with Gasteiger partial charge in [-0.2, -0.15) is 0 Å². The van der Waals surface area contributed by atoms with Crippen molar-refractivity contribution in [3.63, 3.8) is 0 Å². The highest BCUT2D eigenvalue weighted by molar-refractivity contribution is 5.82. The van der Waals surface area contributed by atoms with Gasteiger partial charge in [-0.3, -0.25) is 14.7 Å². The van der Waals surface area contributed by atoms with E-state index in [9.17, 15) is 4.79 Å². The molecule has 4 heteroatoms. The van der Waals surface area contributed by atoms with Crippen molar-refractivity contribution >= 4 is 5.91 Å². The van der Waals surface area contributed by atoms with Gasteiger partial charge in [0.2, 0.25) is 5.91 Å². The number of aromatic nitrogens is 1. The zero-order valence-corrected chi connectivity index (χ0v) is 16.6. The Kier molecular flexibility index (Phi) is 5.72. The standard InChI is InChI=1S/C25H27N3O/c26-24(29)25(13-7-15-28(19-25)18-20-8-2-1-3-9-20)16-21-10-4-5-12-23(21)22-11-6-14-27-17-22/h1-6,8-12,14,17H,7,13,15-16,18-19H2,(H2,26,29)/t25-/m1/s1. The summed E-state index contributed by atoms with van der Waals surface area (Å²) in [5.41, 5.74) is 10.1. The number of pyridine rings is 1. The number of carbonyl (C=O) groups is 1. The van der Waals surface area contributed by atoms with Crippen molar-refractivity contribution in [3.8, 4) is 11.1 Å². The third-order valence-corrected chi connectivity index (χ3v) is 5.95. The molecule has 1 saturated heterocycles. The monoisotopic (exact) mass is 385 g/mol. The molecule has 2 heterocycles. The molecule has 1 aromatic heterocycles. The van der Waals surface area contributed by atoms with Crippen molar-refractivity contribution in [2.45, 2.75) is 25.8 Å². The minimum Gasteiger partial charge on any atom is -0.369 e. The third-order valence-electron chi connectivity index (χ3n) is 5.95. The molecule has 3 aromatic rings. The molecule has 1 amide bonds. The number of hydrogen-bond donors (Lipinski definition) is 1. The maximum atomic E-state index is 12.7. The second-order valence-electron chi connectivity index (χ2n) is 8.02. The molecule has 4 nitrogen and oxygen atoms in total. The first-order valence-electron chi connectivity index (χ1n) is 10.2. The molecule has 0 radical (unpaired) electrons. The lowest BCUT2D eigenvalue weighted by molar-refractivity contribution is -0.131. The molecule has 0 saturated carbocycles. The fourth-order valence-corrected chi connectivity index (χ4v) is 4.48. The van der Waals surface area contributed by atoms with Crippen molar-refractivity contribution in [1.29, 1.82) is 0 Å². The summed E-state index contributed by atoms with van der Waals surface area (Å²) in [4.78, 5) is 19.3. The minimum absolute atomic E-state index is 0.198. The molecule has 0 aliphatic carbocycles. The number of primary amides is 1. The average Bonchev–Trinajstić information content (AvgIpc) is 2.76. The zero-order valence-electron chi connectivity index (χ0n) is 16.6. The van der Waals surface area contributed by atoms with Gasteiger partial charge in [-0.05, 0) is 48.6 Å². The summed E-state index contributed by atoms with van der Waals surface area (Å²) >= 11 is 0. The van der Waals surface area contributed by atoms with Gasteiger partial charge < -0.3 is 5.73 Å². The average molecular weight is 386 g/mol. The van der Waals surface area contributed by atoms with Crippen molar-refractivity contribution in [2.24, 2.45) is 11.1 Å². The number of amides is 1. The Bertz CT molecular complexity index is 958. The highest BCUT2D eigenvalue weighted by atomic mass is 16.1. The van der Waals surface area contributed by atoms with Crippen LogP contribution in [-0.2, 0) is 17.8 Å². The Morgan fingerprint density at radius 1 is 1.03 bits per heavy atom. The molecule has 0 unspecified atom stereocenters. The maximum Gasteiger partial charge on any atom is 0.225 e. The van der Waals surface area contributed by atoms with Crippen molar-refractivity contribution in [3.05, 3.63) is 90.3 Å². The number of benzene rings is 2. The van der Waals surface area contributed by atoms with E-state index in [2.05, 4.69) is 52.3 Å². The smallest absolute Gasteiger partial charge is 0.225 e. The summed E-state index contributed by atoms with van der Waals surface area (Å²) in [6.07, 6.45) is 6.11. The van der Waals surface area contributed by atoms with Crippen molar-refractivity contribution in [2.75, 3.05) is 13.1 Å². The maximum absolute atomic E-state index is 12.7. The molecule has 1 fully saturated rings. The minimum atomic E-state index is -0.550. The van der Waals surface area contributed by atoms with E-state index in [0.29, 0.717) is 13.0 Å². The van der Waals surface area contributed by atoms with Crippen LogP contribution in [0.25, 0.3) is 11.1 Å². The van der Waals surface area contributed by atoms with Gasteiger partial charge in [0.05, 0.1) is 5.41 Å². The fraction of sp³-hybridized carbons (Fsp3) is 0.280. The number of piperidine rings is 1. The van der Waals surface area contributed by atoms with Gasteiger partial charge in [0.1, 0.15) is 0 Å². The normalized spacial score (nSPS) is 19.7. The molecule has 4 rings (SSSR count). The molecule has 1 aliphatic rings. The van der Waals surface area contributed by atoms with E-state index in [1.54, 1.807) is 6.20 Å². The van der Waals surface area contributed by atoms with E-state index in [1.165, 1.54) is 5.56 Å². The fourth-order valence-electron chi connectivity index (χ4n) is 4.48. The molecule has 0 bridgehead atoms. The van der Waals surface area contributed by atoms with Crippen LogP contribution in [0.15, 0.2) is 79.1 Å². The Labute approximate surface area is 172 Å². The van der Waals surface area contributed by atoms with E-state index in [1.807, 2.05) is 30.5 Å². The van der Waals surface area contributed by atoms with Gasteiger partial charge in [-0.25, -0.2) is 0 Å². The highest BCUT2D eigenvalue weighted by Crippen LogP contribution is 2.37. The van der Waals surface area contributed by atoms with Crippen LogP contribution in [0.4, 0.5) is 0 Å². The molecule has 1 atom stereocenters. The lowest BCUT2D eigenvalue weighted by Crippen LogP contribution is -2.51. The van der Waals surface area contributed by atoms with Gasteiger partial charge >= 0.3 is 0 Å². The van der Waals surface area contributed by atoms with Crippen LogP contribution in [-0.4, -0.2) is 28.9 Å². The van der Waals surface area contributed by atoms with Gasteiger partial charge in [-0.15, -0.1) is 0 Å². The summed E-state index contributed by atoms with van der Waals surface area (Å²) in [5, 5.41) is 0. The summed E-state index contributed by atoms with van der Waals surface area (Å²) in [5.74, 6) is -0.198. The van der Waals surface area contributed by atoms with E-state index in [4.69, 9.17) is 5.73 Å². The number of rotatable bonds is 6. The largest absolute Gasteiger partial charge is 0.369 e. The number of nitrogens with zero attached hydrogens (tertiary/aromatic N) is 2. The van der Waals surface area contributed by atoms with Crippen LogP contribution >= 0.6 is 0 Å². The molecular weight excluding hydrogens is 358 g/mol. The number of hydrogen-bond acceptors (Lipinski definition) is 3. The second-order valence-corrected chi connectivity index (χ2v) is 8.02. The lowest BCUT2D eigenvalue weighted by Gasteiger charge is -2.41. The number of nitrogens with two attached hydrogens (primary N) is 1. The molecule has 2 N–H and O–H groups in total. The van der Waals surface area contributed by atoms with Crippen LogP contribution in [0.3, 0.4) is 0 Å². The Balaban J connectivity index is 1.61. The van der Waals surface area contributed by atoms with Crippen LogP contribution in [0.5, 0.6) is 0 Å². The zero-order chi connectivity index (χ0) is 20.1. The quantitative estimate of drug-likeness (QED) is 0.696. The summed E-state index contributed by atoms with van der Waals surface area (Å²) in [6.45, 7) is 2.53. The third kappa shape index (κ3) is 4.38. The molecule has 29 heavy (non-hydrogen) atoms. The first-order chi connectivity index (χ1) is 14.2. The second kappa shape index (κ2) is 8.58. The lowest BCUT2D eigenvalue weighted by atomic mass is 9.73. The Morgan fingerprint density at radius 3 is 2.59 bits per heavy atom. The molecule has 0 spiro atoms. The van der Waals surface area contributed by atoms with Crippen molar-refractivity contribution < 1.29 is 4.79 Å². The number of likely N-dealkylation sites (tertiary alicyclic amines) is 1. The predicted octanol–water partition coefficient (Wildman–Crippen LogP) is 4.06. The Hall–Kier alpha value is -2.98. The van der Waals surface area contributed by atoms with Crippen LogP contribution in [0.2, 0.25) is 0 Å². The summed E-state index contributed by atoms with van der Waals surface area (Å²) in [7, 11) is 0. The number of carbonyl (C=O) groups excluding carboxylic acids is 1. The molecule has 2 aromatic carbocycles. The van der Waals surface area contributed by atoms with E-state index >= 15 is 0 Å². The SMILES string of the molecule is NC(=O)[C@@]1(Cc2ccccc2-c2cccnc2)CCCN(Cc2ccccc2)C1. The molecule has 148 valence electrons. The molecule has 1 aliphatic heterocycles. The van der Waals surface area contributed by atoms with Crippen LogP contribution in [0.1, 0.15) is 24.0 Å². The Morgan fingerprint density at radius 2 is 1.83 bits per heavy atom. The first kappa shape index (κ1) is 19.3. The van der Waals surface area contributed by atoms with Gasteiger partial charge in [0, 0.05) is 31.0 Å². The van der Waals surface area contributed by atoms with E-state index in [-0.39, 0.29) is 5.91 Å². The van der Waals surface area contributed by atoms with E-state index < -0.39 is 5.41 Å². The van der Waals surface area contributed by atoms with Gasteiger partial charge in [0.15, 0.2) is 0 Å². The summed E-state index contributed by atoms with van der Waals surface area (Å²) in [6, 6.07) is 22.7. The molecular formula is C25H27N3O. The van der Waals surface area contributed by atoms with Gasteiger partial charge in [0.25, 0.3) is 0 Å². The predicted molar refractivity (Wildman–Crippen MR) is 116 cm³/mol. The summed E-state index contributed by atoms with van der Waals surface area (Å²) < 4.78 is 0. The van der Waals surface area contributed by atoms with Crippen molar-refractivity contribution in [1.82, 2.24) is 9.88 Å². The first-order valence-corrected chi connectivity index (χ1v) is 10.2. The van der Waals surface area contributed by atoms with Crippen LogP contribution < -0.4 is 5.73 Å². The van der Waals surface area contributed by atoms with Gasteiger partial charge in [-0.1, -0.05) is 60.7 Å². The van der Waals surface area contributed by atoms with Crippen LogP contribution in [0, 0.1) is 5.41 Å².